The van der Waals surface area contributed by atoms with Gasteiger partial charge in [0, 0.05) is 0 Å². The zero-order valence-electron chi connectivity index (χ0n) is 10.6. The molecule has 0 radical (unpaired) electrons. The van der Waals surface area contributed by atoms with Crippen molar-refractivity contribution in [2.45, 2.75) is 53.4 Å². The summed E-state index contributed by atoms with van der Waals surface area (Å²) in [6, 6.07) is 0. The van der Waals surface area contributed by atoms with E-state index in [0.29, 0.717) is 10.8 Å². The van der Waals surface area contributed by atoms with Crippen molar-refractivity contribution in [3.63, 3.8) is 0 Å². The van der Waals surface area contributed by atoms with Gasteiger partial charge in [0.1, 0.15) is 0 Å². The van der Waals surface area contributed by atoms with Crippen LogP contribution in [0.1, 0.15) is 53.4 Å². The molecule has 15 heavy (non-hydrogen) atoms. The van der Waals surface area contributed by atoms with Crippen LogP contribution in [0.3, 0.4) is 0 Å². The lowest BCUT2D eigenvalue weighted by atomic mass is 9.61. The highest BCUT2D eigenvalue weighted by atomic mass is 14.7. The van der Waals surface area contributed by atoms with Gasteiger partial charge in [-0.05, 0) is 61.2 Å². The summed E-state index contributed by atoms with van der Waals surface area (Å²) in [5.74, 6) is 2.85. The molecule has 0 saturated heterocycles. The van der Waals surface area contributed by atoms with Gasteiger partial charge in [-0.25, -0.2) is 0 Å². The Labute approximate surface area is 94.1 Å². The molecule has 3 aliphatic carbocycles. The summed E-state index contributed by atoms with van der Waals surface area (Å²) in [7, 11) is 0. The predicted octanol–water partition coefficient (Wildman–Crippen LogP) is 4.42. The third-order valence-corrected chi connectivity index (χ3v) is 6.40. The molecule has 1 spiro atoms. The molecular weight excluding hydrogens is 180 g/mol. The van der Waals surface area contributed by atoms with E-state index in [9.17, 15) is 0 Å². The van der Waals surface area contributed by atoms with Gasteiger partial charge in [-0.15, -0.1) is 0 Å². The maximum absolute atomic E-state index is 2.63. The highest BCUT2D eigenvalue weighted by Gasteiger charge is 2.65. The topological polar surface area (TPSA) is 0 Å². The van der Waals surface area contributed by atoms with Crippen molar-refractivity contribution in [2.75, 3.05) is 0 Å². The van der Waals surface area contributed by atoms with E-state index in [0.717, 1.165) is 17.8 Å². The van der Waals surface area contributed by atoms with E-state index < -0.39 is 0 Å². The number of hydrogen-bond donors (Lipinski definition) is 0. The summed E-state index contributed by atoms with van der Waals surface area (Å²) in [5.41, 5.74) is 2.89. The first-order valence-electron chi connectivity index (χ1n) is 6.71. The Balaban J connectivity index is 2.11. The molecule has 0 heterocycles. The van der Waals surface area contributed by atoms with Crippen LogP contribution in [-0.4, -0.2) is 0 Å². The van der Waals surface area contributed by atoms with Crippen LogP contribution in [0.15, 0.2) is 11.6 Å². The van der Waals surface area contributed by atoms with Crippen molar-refractivity contribution in [1.29, 1.82) is 0 Å². The van der Waals surface area contributed by atoms with E-state index >= 15 is 0 Å². The molecule has 5 atom stereocenters. The molecule has 0 aromatic heterocycles. The van der Waals surface area contributed by atoms with Crippen LogP contribution in [0.4, 0.5) is 0 Å². The molecule has 0 heteroatoms. The van der Waals surface area contributed by atoms with Crippen LogP contribution in [-0.2, 0) is 0 Å². The molecule has 3 rings (SSSR count). The largest absolute Gasteiger partial charge is 0.0788 e. The fourth-order valence-corrected chi connectivity index (χ4v) is 5.57. The Bertz CT molecular complexity index is 327. The van der Waals surface area contributed by atoms with Crippen LogP contribution in [0, 0.1) is 28.6 Å². The predicted molar refractivity (Wildman–Crippen MR) is 64.6 cm³/mol. The van der Waals surface area contributed by atoms with Gasteiger partial charge in [0.05, 0.1) is 0 Å². The summed E-state index contributed by atoms with van der Waals surface area (Å²) in [5, 5.41) is 0. The molecule has 0 unspecified atom stereocenters. The first-order chi connectivity index (χ1) is 7.01. The van der Waals surface area contributed by atoms with E-state index in [1.807, 2.05) is 0 Å². The van der Waals surface area contributed by atoms with Crippen LogP contribution in [0.5, 0.6) is 0 Å². The minimum Gasteiger partial charge on any atom is -0.0788 e. The standard InChI is InChI=1S/C15H24/c1-10-5-8-15-12(3)11(2)9-14(15,4)7-6-13(10)15/h9-10,12-13H,5-8H2,1-4H3/t10-,12-,13+,14-,15-/m1/s1. The SMILES string of the molecule is CC1=C[C@@]2(C)CC[C@H]3[C@H](C)CC[C@@]32[C@@H]1C. The second kappa shape index (κ2) is 2.70. The molecule has 84 valence electrons. The highest BCUT2D eigenvalue weighted by Crippen LogP contribution is 2.73. The average molecular weight is 204 g/mol. The van der Waals surface area contributed by atoms with Crippen molar-refractivity contribution in [3.05, 3.63) is 11.6 Å². The Hall–Kier alpha value is -0.260. The first kappa shape index (κ1) is 9.93. The number of hydrogen-bond acceptors (Lipinski definition) is 0. The van der Waals surface area contributed by atoms with E-state index in [1.54, 1.807) is 5.57 Å². The first-order valence-corrected chi connectivity index (χ1v) is 6.71. The summed E-state index contributed by atoms with van der Waals surface area (Å²) >= 11 is 0. The van der Waals surface area contributed by atoms with Gasteiger partial charge in [0.2, 0.25) is 0 Å². The molecule has 0 aromatic rings. The zero-order chi connectivity index (χ0) is 10.8. The fourth-order valence-electron chi connectivity index (χ4n) is 5.57. The summed E-state index contributed by atoms with van der Waals surface area (Å²) < 4.78 is 0. The average Bonchev–Trinajstić information content (AvgIpc) is 2.70. The molecule has 0 bridgehead atoms. The van der Waals surface area contributed by atoms with E-state index in [4.69, 9.17) is 0 Å². The minimum absolute atomic E-state index is 0.548. The third-order valence-electron chi connectivity index (χ3n) is 6.40. The van der Waals surface area contributed by atoms with Crippen LogP contribution in [0.2, 0.25) is 0 Å². The summed E-state index contributed by atoms with van der Waals surface area (Å²) in [6.07, 6.45) is 8.54. The lowest BCUT2D eigenvalue weighted by Crippen LogP contribution is -2.37. The van der Waals surface area contributed by atoms with Gasteiger partial charge in [-0.2, -0.15) is 0 Å². The van der Waals surface area contributed by atoms with Gasteiger partial charge in [0.15, 0.2) is 0 Å². The molecule has 0 N–H and O–H groups in total. The van der Waals surface area contributed by atoms with Gasteiger partial charge in [-0.1, -0.05) is 32.4 Å². The quantitative estimate of drug-likeness (QED) is 0.513. The lowest BCUT2D eigenvalue weighted by Gasteiger charge is -2.42. The Kier molecular flexibility index (Phi) is 1.79. The van der Waals surface area contributed by atoms with Crippen molar-refractivity contribution >= 4 is 0 Å². The molecule has 0 aliphatic heterocycles. The van der Waals surface area contributed by atoms with E-state index in [-0.39, 0.29) is 0 Å². The van der Waals surface area contributed by atoms with Gasteiger partial charge < -0.3 is 0 Å². The van der Waals surface area contributed by atoms with Gasteiger partial charge in [-0.3, -0.25) is 0 Å². The maximum Gasteiger partial charge on any atom is -0.00790 e. The van der Waals surface area contributed by atoms with Crippen molar-refractivity contribution in [1.82, 2.24) is 0 Å². The van der Waals surface area contributed by atoms with E-state index in [2.05, 4.69) is 33.8 Å². The van der Waals surface area contributed by atoms with Crippen LogP contribution in [0.25, 0.3) is 0 Å². The second-order valence-corrected chi connectivity index (χ2v) is 6.73. The number of rotatable bonds is 0. The fraction of sp³-hybridized carbons (Fsp3) is 0.867. The maximum atomic E-state index is 2.63. The Morgan fingerprint density at radius 2 is 1.93 bits per heavy atom. The molecule has 2 fully saturated rings. The molecule has 3 aliphatic rings. The molecule has 0 aromatic carbocycles. The molecular formula is C15H24. The highest BCUT2D eigenvalue weighted by molar-refractivity contribution is 5.31. The van der Waals surface area contributed by atoms with Crippen molar-refractivity contribution < 1.29 is 0 Å². The lowest BCUT2D eigenvalue weighted by molar-refractivity contribution is 0.0733. The second-order valence-electron chi connectivity index (χ2n) is 6.73. The monoisotopic (exact) mass is 204 g/mol. The number of allylic oxidation sites excluding steroid dienone is 2. The van der Waals surface area contributed by atoms with E-state index in [1.165, 1.54) is 25.7 Å². The smallest absolute Gasteiger partial charge is 0.00790 e. The summed E-state index contributed by atoms with van der Waals surface area (Å²) in [4.78, 5) is 0. The molecule has 0 amide bonds. The van der Waals surface area contributed by atoms with Crippen molar-refractivity contribution in [3.8, 4) is 0 Å². The van der Waals surface area contributed by atoms with Crippen LogP contribution < -0.4 is 0 Å². The zero-order valence-corrected chi connectivity index (χ0v) is 10.6. The van der Waals surface area contributed by atoms with Crippen molar-refractivity contribution in [2.24, 2.45) is 28.6 Å². The third kappa shape index (κ3) is 0.905. The normalized spacial score (nSPS) is 57.9. The van der Waals surface area contributed by atoms with Gasteiger partial charge >= 0.3 is 0 Å². The molecule has 2 saturated carbocycles. The summed E-state index contributed by atoms with van der Waals surface area (Å²) in [6.45, 7) is 9.89. The Morgan fingerprint density at radius 3 is 2.67 bits per heavy atom. The van der Waals surface area contributed by atoms with Crippen LogP contribution >= 0.6 is 0 Å². The Morgan fingerprint density at radius 1 is 1.20 bits per heavy atom. The van der Waals surface area contributed by atoms with Gasteiger partial charge in [0.25, 0.3) is 0 Å². The minimum atomic E-state index is 0.548. The molecule has 0 nitrogen and oxygen atoms in total.